The third-order valence-electron chi connectivity index (χ3n) is 2.53. The maximum atomic E-state index is 8.65. The average molecular weight is 253 g/mol. The van der Waals surface area contributed by atoms with E-state index in [1.54, 1.807) is 7.05 Å². The summed E-state index contributed by atoms with van der Waals surface area (Å²) >= 11 is 5.84. The van der Waals surface area contributed by atoms with Crippen molar-refractivity contribution in [1.29, 1.82) is 5.26 Å². The quantitative estimate of drug-likeness (QED) is 0.855. The van der Waals surface area contributed by atoms with Gasteiger partial charge in [-0.2, -0.15) is 20.2 Å². The van der Waals surface area contributed by atoms with Crippen LogP contribution >= 0.6 is 11.6 Å². The number of hydrogen-bond acceptors (Lipinski definition) is 6. The molecule has 0 amide bonds. The summed E-state index contributed by atoms with van der Waals surface area (Å²) in [6, 6.07) is 2.57. The van der Waals surface area contributed by atoms with Crippen LogP contribution in [0.3, 0.4) is 0 Å². The van der Waals surface area contributed by atoms with Crippen LogP contribution in [0.15, 0.2) is 0 Å². The number of hydrogen-bond donors (Lipinski definition) is 1. The Kier molecular flexibility index (Phi) is 3.59. The number of rotatable bonds is 5. The Bertz CT molecular complexity index is 439. The summed E-state index contributed by atoms with van der Waals surface area (Å²) < 4.78 is 0. The topological polar surface area (TPSA) is 77.7 Å². The second-order valence-corrected chi connectivity index (χ2v) is 4.15. The van der Waals surface area contributed by atoms with Crippen molar-refractivity contribution in [3.05, 3.63) is 5.28 Å². The Hall–Kier alpha value is -1.61. The second kappa shape index (κ2) is 5.15. The molecular weight excluding hydrogens is 240 g/mol. The lowest BCUT2D eigenvalue weighted by molar-refractivity contribution is 0.755. The lowest BCUT2D eigenvalue weighted by Gasteiger charge is -2.21. The molecule has 1 aliphatic rings. The number of anilines is 2. The minimum absolute atomic E-state index is 0.168. The number of nitrogens with one attached hydrogen (secondary N) is 1. The molecule has 0 radical (unpaired) electrons. The highest BCUT2D eigenvalue weighted by Gasteiger charge is 2.31. The first kappa shape index (κ1) is 11.9. The highest BCUT2D eigenvalue weighted by molar-refractivity contribution is 6.28. The average Bonchev–Trinajstić information content (AvgIpc) is 3.13. The van der Waals surface area contributed by atoms with Gasteiger partial charge < -0.3 is 10.2 Å². The van der Waals surface area contributed by atoms with Crippen molar-refractivity contribution in [1.82, 2.24) is 15.0 Å². The maximum absolute atomic E-state index is 8.65. The Balaban J connectivity index is 2.22. The molecule has 1 N–H and O–H groups in total. The molecule has 1 aliphatic carbocycles. The predicted molar refractivity (Wildman–Crippen MR) is 65.0 cm³/mol. The van der Waals surface area contributed by atoms with Crippen molar-refractivity contribution >= 4 is 23.5 Å². The van der Waals surface area contributed by atoms with Gasteiger partial charge in [0.05, 0.1) is 12.5 Å². The highest BCUT2D eigenvalue weighted by Crippen LogP contribution is 2.30. The van der Waals surface area contributed by atoms with Crippen molar-refractivity contribution in [2.24, 2.45) is 0 Å². The first-order valence-corrected chi connectivity index (χ1v) is 5.85. The molecule has 1 aromatic rings. The van der Waals surface area contributed by atoms with Gasteiger partial charge in [0.2, 0.25) is 17.2 Å². The molecule has 0 aromatic carbocycles. The van der Waals surface area contributed by atoms with Crippen LogP contribution in [0.5, 0.6) is 0 Å². The predicted octanol–water partition coefficient (Wildman–Crippen LogP) is 1.45. The van der Waals surface area contributed by atoms with Gasteiger partial charge in [-0.15, -0.1) is 0 Å². The zero-order valence-electron chi connectivity index (χ0n) is 9.52. The van der Waals surface area contributed by atoms with E-state index in [1.807, 2.05) is 4.90 Å². The normalized spacial score (nSPS) is 14.2. The summed E-state index contributed by atoms with van der Waals surface area (Å²) in [7, 11) is 1.73. The van der Waals surface area contributed by atoms with Gasteiger partial charge in [0.1, 0.15) is 0 Å². The molecule has 0 saturated heterocycles. The highest BCUT2D eigenvalue weighted by atomic mass is 35.5. The summed E-state index contributed by atoms with van der Waals surface area (Å²) in [5.41, 5.74) is 0. The molecule has 17 heavy (non-hydrogen) atoms. The van der Waals surface area contributed by atoms with E-state index in [4.69, 9.17) is 16.9 Å². The van der Waals surface area contributed by atoms with Crippen LogP contribution in [0.4, 0.5) is 11.9 Å². The Morgan fingerprint density at radius 3 is 2.82 bits per heavy atom. The zero-order chi connectivity index (χ0) is 12.3. The summed E-state index contributed by atoms with van der Waals surface area (Å²) in [5.74, 6) is 0.995. The zero-order valence-corrected chi connectivity index (χ0v) is 10.3. The first-order chi connectivity index (χ1) is 8.24. The largest absolute Gasteiger partial charge is 0.357 e. The van der Waals surface area contributed by atoms with Gasteiger partial charge in [0.15, 0.2) is 0 Å². The molecule has 0 spiro atoms. The third-order valence-corrected chi connectivity index (χ3v) is 2.70. The summed E-state index contributed by atoms with van der Waals surface area (Å²) in [5, 5.41) is 11.7. The van der Waals surface area contributed by atoms with Crippen molar-refractivity contribution in [2.75, 3.05) is 23.8 Å². The van der Waals surface area contributed by atoms with Crippen LogP contribution in [-0.2, 0) is 0 Å². The Labute approximate surface area is 105 Å². The van der Waals surface area contributed by atoms with Gasteiger partial charge in [-0.05, 0) is 24.4 Å². The molecule has 90 valence electrons. The van der Waals surface area contributed by atoms with Gasteiger partial charge in [0.25, 0.3) is 0 Å². The molecule has 1 saturated carbocycles. The van der Waals surface area contributed by atoms with E-state index in [0.29, 0.717) is 30.9 Å². The molecule has 7 heteroatoms. The van der Waals surface area contributed by atoms with E-state index in [9.17, 15) is 0 Å². The fourth-order valence-electron chi connectivity index (χ4n) is 1.58. The van der Waals surface area contributed by atoms with Crippen molar-refractivity contribution in [3.63, 3.8) is 0 Å². The van der Waals surface area contributed by atoms with Crippen LogP contribution in [0, 0.1) is 11.3 Å². The Morgan fingerprint density at radius 1 is 1.47 bits per heavy atom. The summed E-state index contributed by atoms with van der Waals surface area (Å²) in [6.45, 7) is 0.630. The maximum Gasteiger partial charge on any atom is 0.231 e. The Morgan fingerprint density at radius 2 is 2.24 bits per heavy atom. The van der Waals surface area contributed by atoms with E-state index in [2.05, 4.69) is 26.3 Å². The minimum Gasteiger partial charge on any atom is -0.357 e. The lowest BCUT2D eigenvalue weighted by Crippen LogP contribution is -2.29. The number of aromatic nitrogens is 3. The fraction of sp³-hybridized carbons (Fsp3) is 0.600. The molecule has 0 unspecified atom stereocenters. The lowest BCUT2D eigenvalue weighted by atomic mass is 10.4. The van der Waals surface area contributed by atoms with Crippen LogP contribution in [0.25, 0.3) is 0 Å². The van der Waals surface area contributed by atoms with Crippen molar-refractivity contribution in [2.45, 2.75) is 25.3 Å². The molecule has 1 heterocycles. The molecule has 1 aromatic heterocycles. The van der Waals surface area contributed by atoms with E-state index in [0.717, 1.165) is 12.8 Å². The van der Waals surface area contributed by atoms with Gasteiger partial charge in [-0.1, -0.05) is 0 Å². The van der Waals surface area contributed by atoms with E-state index in [1.165, 1.54) is 0 Å². The minimum atomic E-state index is 0.168. The van der Waals surface area contributed by atoms with E-state index in [-0.39, 0.29) is 5.28 Å². The monoisotopic (exact) mass is 252 g/mol. The standard InChI is InChI=1S/C10H13ClN6/c1-13-9-14-8(11)15-10(16-9)17(6-2-5-12)7-3-4-7/h7H,2-4,6H2,1H3,(H,13,14,15,16). The van der Waals surface area contributed by atoms with Gasteiger partial charge >= 0.3 is 0 Å². The van der Waals surface area contributed by atoms with E-state index < -0.39 is 0 Å². The fourth-order valence-corrected chi connectivity index (χ4v) is 1.74. The van der Waals surface area contributed by atoms with Crippen LogP contribution in [0.1, 0.15) is 19.3 Å². The molecule has 2 rings (SSSR count). The first-order valence-electron chi connectivity index (χ1n) is 5.47. The number of nitrogens with zero attached hydrogens (tertiary/aromatic N) is 5. The number of halogens is 1. The molecule has 0 bridgehead atoms. The molecule has 0 aliphatic heterocycles. The molecule has 6 nitrogen and oxygen atoms in total. The molecule has 1 fully saturated rings. The van der Waals surface area contributed by atoms with Crippen molar-refractivity contribution in [3.8, 4) is 6.07 Å². The van der Waals surface area contributed by atoms with Crippen LogP contribution in [-0.4, -0.2) is 34.6 Å². The van der Waals surface area contributed by atoms with E-state index >= 15 is 0 Å². The molecular formula is C10H13ClN6. The smallest absolute Gasteiger partial charge is 0.231 e. The summed E-state index contributed by atoms with van der Waals surface area (Å²) in [6.07, 6.45) is 2.68. The molecule has 0 atom stereocenters. The summed E-state index contributed by atoms with van der Waals surface area (Å²) in [4.78, 5) is 14.3. The van der Waals surface area contributed by atoms with Crippen LogP contribution in [0.2, 0.25) is 5.28 Å². The van der Waals surface area contributed by atoms with Crippen LogP contribution < -0.4 is 10.2 Å². The van der Waals surface area contributed by atoms with Gasteiger partial charge in [-0.25, -0.2) is 0 Å². The van der Waals surface area contributed by atoms with Crippen molar-refractivity contribution < 1.29 is 0 Å². The third kappa shape index (κ3) is 2.94. The number of nitriles is 1. The van der Waals surface area contributed by atoms with Gasteiger partial charge in [-0.3, -0.25) is 0 Å². The second-order valence-electron chi connectivity index (χ2n) is 3.81. The van der Waals surface area contributed by atoms with Gasteiger partial charge in [0, 0.05) is 19.6 Å². The SMILES string of the molecule is CNc1nc(Cl)nc(N(CCC#N)C2CC2)n1.